The summed E-state index contributed by atoms with van der Waals surface area (Å²) in [6.45, 7) is 7.45. The zero-order valence-corrected chi connectivity index (χ0v) is 14.5. The Morgan fingerprint density at radius 3 is 2.54 bits per heavy atom. The van der Waals surface area contributed by atoms with Gasteiger partial charge in [0, 0.05) is 5.69 Å². The van der Waals surface area contributed by atoms with Crippen LogP contribution in [0.15, 0.2) is 24.3 Å². The molecule has 0 radical (unpaired) electrons. The predicted octanol–water partition coefficient (Wildman–Crippen LogP) is 4.04. The summed E-state index contributed by atoms with van der Waals surface area (Å²) in [6, 6.07) is 5.80. The molecule has 0 bridgehead atoms. The Morgan fingerprint density at radius 2 is 1.96 bits per heavy atom. The molecule has 6 heteroatoms. The summed E-state index contributed by atoms with van der Waals surface area (Å²) in [5.74, 6) is -0.286. The van der Waals surface area contributed by atoms with Gasteiger partial charge in [0.05, 0.1) is 24.5 Å². The number of carbonyl (C=O) groups is 1. The van der Waals surface area contributed by atoms with Crippen LogP contribution < -0.4 is 15.4 Å². The summed E-state index contributed by atoms with van der Waals surface area (Å²) in [5, 5.41) is 5.61. The molecule has 0 aliphatic rings. The number of ether oxygens (including phenoxy) is 1. The van der Waals surface area contributed by atoms with Gasteiger partial charge < -0.3 is 15.4 Å². The zero-order valence-electron chi connectivity index (χ0n) is 14.5. The number of aromatic nitrogens is 1. The lowest BCUT2D eigenvalue weighted by atomic mass is 10.1. The number of hydrogen-bond acceptors (Lipinski definition) is 3. The first kappa shape index (κ1) is 17.7. The molecule has 5 nitrogen and oxygen atoms in total. The van der Waals surface area contributed by atoms with E-state index in [-0.39, 0.29) is 17.8 Å². The predicted molar refractivity (Wildman–Crippen MR) is 92.0 cm³/mol. The number of urea groups is 1. The molecule has 0 aliphatic carbocycles. The van der Waals surface area contributed by atoms with Gasteiger partial charge >= 0.3 is 6.03 Å². The van der Waals surface area contributed by atoms with Crippen molar-refractivity contribution in [3.63, 3.8) is 0 Å². The van der Waals surface area contributed by atoms with Crippen LogP contribution >= 0.6 is 0 Å². The Bertz CT molecular complexity index is 739. The molecule has 1 aromatic carbocycles. The Kier molecular flexibility index (Phi) is 5.39. The summed E-state index contributed by atoms with van der Waals surface area (Å²) in [5.41, 5.74) is 3.94. The molecule has 2 amide bonds. The van der Waals surface area contributed by atoms with E-state index in [2.05, 4.69) is 15.6 Å². The molecule has 0 unspecified atom stereocenters. The fraction of sp³-hybridized carbons (Fsp3) is 0.333. The topological polar surface area (TPSA) is 63.2 Å². The van der Waals surface area contributed by atoms with Crippen LogP contribution in [-0.4, -0.2) is 18.1 Å². The Labute approximate surface area is 141 Å². The molecule has 2 rings (SSSR count). The van der Waals surface area contributed by atoms with Crippen molar-refractivity contribution in [1.82, 2.24) is 10.3 Å². The van der Waals surface area contributed by atoms with Crippen LogP contribution in [-0.2, 0) is 0 Å². The second-order valence-electron chi connectivity index (χ2n) is 5.76. The first-order chi connectivity index (χ1) is 11.3. The van der Waals surface area contributed by atoms with E-state index in [9.17, 15) is 9.18 Å². The van der Waals surface area contributed by atoms with Gasteiger partial charge in [-0.15, -0.1) is 0 Å². The first-order valence-corrected chi connectivity index (χ1v) is 7.67. The highest BCUT2D eigenvalue weighted by Crippen LogP contribution is 2.22. The number of carbonyl (C=O) groups excluding carboxylic acids is 1. The molecule has 0 saturated heterocycles. The van der Waals surface area contributed by atoms with E-state index in [1.165, 1.54) is 13.2 Å². The van der Waals surface area contributed by atoms with E-state index in [1.54, 1.807) is 19.1 Å². The van der Waals surface area contributed by atoms with Crippen molar-refractivity contribution in [1.29, 1.82) is 0 Å². The first-order valence-electron chi connectivity index (χ1n) is 7.67. The molecule has 128 valence electrons. The second kappa shape index (κ2) is 7.29. The largest absolute Gasteiger partial charge is 0.494 e. The van der Waals surface area contributed by atoms with E-state index in [0.717, 1.165) is 17.0 Å². The molecule has 0 saturated carbocycles. The highest BCUT2D eigenvalue weighted by Gasteiger charge is 2.14. The smallest absolute Gasteiger partial charge is 0.319 e. The molecule has 2 aromatic rings. The molecule has 1 atom stereocenters. The molecular formula is C18H22FN3O2. The molecule has 0 aliphatic heterocycles. The van der Waals surface area contributed by atoms with Crippen molar-refractivity contribution in [3.8, 4) is 5.75 Å². The monoisotopic (exact) mass is 331 g/mol. The highest BCUT2D eigenvalue weighted by atomic mass is 19.1. The standard InChI is InChI=1S/C18H22FN3O2/c1-10-8-11(2)20-13(4)17(10)22-18(23)21-12(3)14-6-7-16(24-5)15(19)9-14/h6-9,12H,1-5H3,(H2,21,22,23)/t12-/m0/s1. The van der Waals surface area contributed by atoms with Crippen LogP contribution in [0.2, 0.25) is 0 Å². The van der Waals surface area contributed by atoms with E-state index in [0.29, 0.717) is 11.3 Å². The van der Waals surface area contributed by atoms with Gasteiger partial charge in [-0.3, -0.25) is 4.98 Å². The van der Waals surface area contributed by atoms with Crippen LogP contribution in [0.3, 0.4) is 0 Å². The summed E-state index contributed by atoms with van der Waals surface area (Å²) >= 11 is 0. The molecule has 0 spiro atoms. The third-order valence-corrected chi connectivity index (χ3v) is 3.79. The van der Waals surface area contributed by atoms with E-state index in [4.69, 9.17) is 4.74 Å². The lowest BCUT2D eigenvalue weighted by Crippen LogP contribution is -2.31. The number of aryl methyl sites for hydroxylation is 3. The maximum absolute atomic E-state index is 13.8. The quantitative estimate of drug-likeness (QED) is 0.889. The highest BCUT2D eigenvalue weighted by molar-refractivity contribution is 5.91. The number of rotatable bonds is 4. The van der Waals surface area contributed by atoms with Crippen LogP contribution in [0.25, 0.3) is 0 Å². The summed E-state index contributed by atoms with van der Waals surface area (Å²) in [4.78, 5) is 16.6. The Hall–Kier alpha value is -2.63. The lowest BCUT2D eigenvalue weighted by molar-refractivity contribution is 0.249. The maximum atomic E-state index is 13.8. The second-order valence-corrected chi connectivity index (χ2v) is 5.76. The van der Waals surface area contributed by atoms with Crippen LogP contribution in [0, 0.1) is 26.6 Å². The molecule has 0 fully saturated rings. The number of amides is 2. The minimum Gasteiger partial charge on any atom is -0.494 e. The van der Waals surface area contributed by atoms with E-state index < -0.39 is 5.82 Å². The summed E-state index contributed by atoms with van der Waals surface area (Å²) in [6.07, 6.45) is 0. The fourth-order valence-electron chi connectivity index (χ4n) is 2.59. The van der Waals surface area contributed by atoms with Crippen LogP contribution in [0.1, 0.15) is 35.5 Å². The number of hydrogen-bond donors (Lipinski definition) is 2. The van der Waals surface area contributed by atoms with Crippen molar-refractivity contribution in [2.75, 3.05) is 12.4 Å². The molecule has 2 N–H and O–H groups in total. The number of halogens is 1. The van der Waals surface area contributed by atoms with E-state index >= 15 is 0 Å². The average Bonchev–Trinajstić information content (AvgIpc) is 2.50. The minimum absolute atomic E-state index is 0.174. The van der Waals surface area contributed by atoms with Gasteiger partial charge in [-0.05, 0) is 57.0 Å². The van der Waals surface area contributed by atoms with Crippen LogP contribution in [0.5, 0.6) is 5.75 Å². The van der Waals surface area contributed by atoms with Gasteiger partial charge in [0.15, 0.2) is 11.6 Å². The van der Waals surface area contributed by atoms with Crippen molar-refractivity contribution in [3.05, 3.63) is 52.6 Å². The number of nitrogens with zero attached hydrogens (tertiary/aromatic N) is 1. The van der Waals surface area contributed by atoms with Crippen molar-refractivity contribution < 1.29 is 13.9 Å². The lowest BCUT2D eigenvalue weighted by Gasteiger charge is -2.17. The van der Waals surface area contributed by atoms with Crippen molar-refractivity contribution >= 4 is 11.7 Å². The van der Waals surface area contributed by atoms with Gasteiger partial charge in [0.1, 0.15) is 0 Å². The number of nitrogens with one attached hydrogen (secondary N) is 2. The molecule has 1 heterocycles. The zero-order chi connectivity index (χ0) is 17.9. The summed E-state index contributed by atoms with van der Waals surface area (Å²) in [7, 11) is 1.41. The number of anilines is 1. The van der Waals surface area contributed by atoms with Gasteiger partial charge in [0.2, 0.25) is 0 Å². The Balaban J connectivity index is 2.08. The third-order valence-electron chi connectivity index (χ3n) is 3.79. The maximum Gasteiger partial charge on any atom is 0.319 e. The van der Waals surface area contributed by atoms with Gasteiger partial charge in [0.25, 0.3) is 0 Å². The number of methoxy groups -OCH3 is 1. The van der Waals surface area contributed by atoms with Gasteiger partial charge in [-0.1, -0.05) is 6.07 Å². The van der Waals surface area contributed by atoms with Crippen molar-refractivity contribution in [2.24, 2.45) is 0 Å². The van der Waals surface area contributed by atoms with Crippen LogP contribution in [0.4, 0.5) is 14.9 Å². The fourth-order valence-corrected chi connectivity index (χ4v) is 2.59. The van der Waals surface area contributed by atoms with Gasteiger partial charge in [-0.2, -0.15) is 0 Å². The molecular weight excluding hydrogens is 309 g/mol. The summed E-state index contributed by atoms with van der Waals surface area (Å²) < 4.78 is 18.7. The minimum atomic E-state index is -0.460. The van der Waals surface area contributed by atoms with E-state index in [1.807, 2.05) is 26.8 Å². The van der Waals surface area contributed by atoms with Crippen molar-refractivity contribution in [2.45, 2.75) is 33.7 Å². The SMILES string of the molecule is COc1ccc([C@H](C)NC(=O)Nc2c(C)cc(C)nc2C)cc1F. The number of pyridine rings is 1. The normalized spacial score (nSPS) is 11.8. The third kappa shape index (κ3) is 4.01. The van der Waals surface area contributed by atoms with Gasteiger partial charge in [-0.25, -0.2) is 9.18 Å². The average molecular weight is 331 g/mol. The molecule has 1 aromatic heterocycles. The number of benzene rings is 1. The Morgan fingerprint density at radius 1 is 1.25 bits per heavy atom. The molecule has 24 heavy (non-hydrogen) atoms.